The van der Waals surface area contributed by atoms with Crippen molar-refractivity contribution in [3.63, 3.8) is 0 Å². The molecule has 0 aromatic heterocycles. The molecule has 0 bridgehead atoms. The van der Waals surface area contributed by atoms with Crippen LogP contribution in [0.5, 0.6) is 0 Å². The summed E-state index contributed by atoms with van der Waals surface area (Å²) in [5, 5.41) is 0. The minimum Gasteiger partial charge on any atom is -0.454 e. The summed E-state index contributed by atoms with van der Waals surface area (Å²) in [7, 11) is 0. The first-order chi connectivity index (χ1) is 7.58. The van der Waals surface area contributed by atoms with Gasteiger partial charge in [0.2, 0.25) is 0 Å². The summed E-state index contributed by atoms with van der Waals surface area (Å²) in [4.78, 5) is 22.1. The van der Waals surface area contributed by atoms with Crippen molar-refractivity contribution >= 4 is 34.5 Å². The second-order valence-electron chi connectivity index (χ2n) is 3.40. The molecule has 8 heteroatoms. The molecule has 0 saturated carbocycles. The predicted molar refractivity (Wildman–Crippen MR) is 60.7 cm³/mol. The average molecular weight is 368 g/mol. The molecule has 0 N–H and O–H groups in total. The van der Waals surface area contributed by atoms with Gasteiger partial charge in [-0.3, -0.25) is 4.79 Å². The van der Waals surface area contributed by atoms with Gasteiger partial charge in [-0.15, -0.1) is 0 Å². The van der Waals surface area contributed by atoms with Crippen LogP contribution in [0.15, 0.2) is 0 Å². The van der Waals surface area contributed by atoms with Crippen LogP contribution in [0.25, 0.3) is 0 Å². The van der Waals surface area contributed by atoms with Crippen molar-refractivity contribution in [2.75, 3.05) is 13.2 Å². The number of halogens is 4. The third-order valence-electron chi connectivity index (χ3n) is 1.81. The summed E-state index contributed by atoms with van der Waals surface area (Å²) in [6.07, 6.45) is -4.11. The molecule has 0 aliphatic carbocycles. The Morgan fingerprint density at radius 1 is 1.24 bits per heavy atom. The summed E-state index contributed by atoms with van der Waals surface area (Å²) in [5.74, 6) is -1.89. The van der Waals surface area contributed by atoms with Crippen molar-refractivity contribution < 1.29 is 32.2 Å². The van der Waals surface area contributed by atoms with Crippen molar-refractivity contribution in [2.45, 2.75) is 29.9 Å². The fraction of sp³-hybridized carbons (Fsp3) is 0.778. The van der Waals surface area contributed by atoms with E-state index in [1.54, 1.807) is 13.8 Å². The monoisotopic (exact) mass is 368 g/mol. The first-order valence-corrected chi connectivity index (χ1v) is 5.75. The van der Waals surface area contributed by atoms with Crippen LogP contribution in [0, 0.1) is 0 Å². The molecule has 0 aliphatic heterocycles. The SMILES string of the molecule is CCC(C)(I)C(=O)OCC(=O)OCC(F)(F)F. The molecular weight excluding hydrogens is 356 g/mol. The van der Waals surface area contributed by atoms with Crippen molar-refractivity contribution in [3.8, 4) is 0 Å². The van der Waals surface area contributed by atoms with E-state index in [2.05, 4.69) is 9.47 Å². The summed E-state index contributed by atoms with van der Waals surface area (Å²) in [6.45, 7) is 0.846. The molecule has 0 rings (SSSR count). The Bertz CT molecular complexity index is 288. The molecule has 100 valence electrons. The minimum absolute atomic E-state index is 0.476. The molecule has 0 aromatic carbocycles. The fourth-order valence-electron chi connectivity index (χ4n) is 0.623. The maximum absolute atomic E-state index is 11.7. The number of alkyl halides is 4. The number of hydrogen-bond donors (Lipinski definition) is 0. The molecule has 0 spiro atoms. The maximum atomic E-state index is 11.7. The highest BCUT2D eigenvalue weighted by Gasteiger charge is 2.32. The van der Waals surface area contributed by atoms with Gasteiger partial charge in [0.25, 0.3) is 0 Å². The molecule has 1 atom stereocenters. The van der Waals surface area contributed by atoms with Crippen molar-refractivity contribution in [1.82, 2.24) is 0 Å². The Hall–Kier alpha value is -0.540. The quantitative estimate of drug-likeness (QED) is 0.424. The van der Waals surface area contributed by atoms with E-state index in [1.165, 1.54) is 0 Å². The van der Waals surface area contributed by atoms with Crippen LogP contribution in [-0.2, 0) is 19.1 Å². The van der Waals surface area contributed by atoms with Crippen molar-refractivity contribution in [2.24, 2.45) is 0 Å². The molecule has 0 heterocycles. The van der Waals surface area contributed by atoms with Gasteiger partial charge in [0, 0.05) is 0 Å². The van der Waals surface area contributed by atoms with E-state index in [0.717, 1.165) is 0 Å². The number of carbonyl (C=O) groups excluding carboxylic acids is 2. The molecular formula is C9H12F3IO4. The Morgan fingerprint density at radius 2 is 1.76 bits per heavy atom. The molecule has 1 unspecified atom stereocenters. The zero-order chi connectivity index (χ0) is 13.7. The molecule has 0 fully saturated rings. The van der Waals surface area contributed by atoms with Crippen LogP contribution in [0.4, 0.5) is 13.2 Å². The molecule has 0 aliphatic rings. The van der Waals surface area contributed by atoms with E-state index in [-0.39, 0.29) is 0 Å². The summed E-state index contributed by atoms with van der Waals surface area (Å²) < 4.78 is 42.6. The Balaban J connectivity index is 3.97. The van der Waals surface area contributed by atoms with Gasteiger partial charge >= 0.3 is 18.1 Å². The largest absolute Gasteiger partial charge is 0.454 e. The number of esters is 2. The van der Waals surface area contributed by atoms with Crippen LogP contribution in [0.2, 0.25) is 0 Å². The smallest absolute Gasteiger partial charge is 0.422 e. The lowest BCUT2D eigenvalue weighted by molar-refractivity contribution is -0.190. The highest BCUT2D eigenvalue weighted by Crippen LogP contribution is 2.23. The normalized spacial score (nSPS) is 14.9. The predicted octanol–water partition coefficient (Wildman–Crippen LogP) is 2.24. The zero-order valence-corrected chi connectivity index (χ0v) is 11.4. The summed E-state index contributed by atoms with van der Waals surface area (Å²) >= 11 is 1.84. The molecule has 0 aromatic rings. The maximum Gasteiger partial charge on any atom is 0.422 e. The second kappa shape index (κ2) is 6.41. The Labute approximate surface area is 110 Å². The Morgan fingerprint density at radius 3 is 2.18 bits per heavy atom. The molecule has 4 nitrogen and oxygen atoms in total. The highest BCUT2D eigenvalue weighted by atomic mass is 127. The van der Waals surface area contributed by atoms with E-state index in [1.807, 2.05) is 22.6 Å². The number of carbonyl (C=O) groups is 2. The van der Waals surface area contributed by atoms with Gasteiger partial charge in [0.1, 0.15) is 3.42 Å². The van der Waals surface area contributed by atoms with E-state index < -0.39 is 34.8 Å². The topological polar surface area (TPSA) is 52.6 Å². The minimum atomic E-state index is -4.58. The Kier molecular flexibility index (Phi) is 6.20. The van der Waals surface area contributed by atoms with Crippen molar-refractivity contribution in [3.05, 3.63) is 0 Å². The van der Waals surface area contributed by atoms with Gasteiger partial charge in [-0.2, -0.15) is 13.2 Å². The first-order valence-electron chi connectivity index (χ1n) is 4.67. The van der Waals surface area contributed by atoms with E-state index in [0.29, 0.717) is 6.42 Å². The number of rotatable bonds is 5. The van der Waals surface area contributed by atoms with Crippen molar-refractivity contribution in [1.29, 1.82) is 0 Å². The lowest BCUT2D eigenvalue weighted by Crippen LogP contribution is -2.32. The van der Waals surface area contributed by atoms with Crippen LogP contribution in [0.1, 0.15) is 20.3 Å². The van der Waals surface area contributed by atoms with Gasteiger partial charge in [-0.25, -0.2) is 4.79 Å². The molecule has 0 amide bonds. The van der Waals surface area contributed by atoms with E-state index in [4.69, 9.17) is 0 Å². The van der Waals surface area contributed by atoms with Crippen LogP contribution < -0.4 is 0 Å². The number of ether oxygens (including phenoxy) is 2. The van der Waals surface area contributed by atoms with Gasteiger partial charge in [0.05, 0.1) is 0 Å². The van der Waals surface area contributed by atoms with Gasteiger partial charge in [-0.1, -0.05) is 29.5 Å². The van der Waals surface area contributed by atoms with Gasteiger partial charge in [-0.05, 0) is 13.3 Å². The lowest BCUT2D eigenvalue weighted by Gasteiger charge is -2.18. The molecule has 0 saturated heterocycles. The van der Waals surface area contributed by atoms with Crippen LogP contribution >= 0.6 is 22.6 Å². The molecule has 17 heavy (non-hydrogen) atoms. The van der Waals surface area contributed by atoms with E-state index >= 15 is 0 Å². The van der Waals surface area contributed by atoms with Gasteiger partial charge < -0.3 is 9.47 Å². The third kappa shape index (κ3) is 7.40. The van der Waals surface area contributed by atoms with Gasteiger partial charge in [0.15, 0.2) is 13.2 Å². The second-order valence-corrected chi connectivity index (χ2v) is 5.78. The standard InChI is InChI=1S/C9H12F3IO4/c1-3-8(2,13)7(15)16-4-6(14)17-5-9(10,11)12/h3-5H2,1-2H3. The summed E-state index contributed by atoms with van der Waals surface area (Å²) in [5.41, 5.74) is 0. The van der Waals surface area contributed by atoms with Crippen LogP contribution in [-0.4, -0.2) is 34.8 Å². The fourth-order valence-corrected chi connectivity index (χ4v) is 0.779. The molecule has 0 radical (unpaired) electrons. The summed E-state index contributed by atoms with van der Waals surface area (Å²) in [6, 6.07) is 0. The number of hydrogen-bond acceptors (Lipinski definition) is 4. The first kappa shape index (κ1) is 16.5. The average Bonchev–Trinajstić information content (AvgIpc) is 2.21. The van der Waals surface area contributed by atoms with Crippen LogP contribution in [0.3, 0.4) is 0 Å². The lowest BCUT2D eigenvalue weighted by atomic mass is 10.1. The highest BCUT2D eigenvalue weighted by molar-refractivity contribution is 14.1. The van der Waals surface area contributed by atoms with E-state index in [9.17, 15) is 22.8 Å². The third-order valence-corrected chi connectivity index (χ3v) is 3.01. The zero-order valence-electron chi connectivity index (χ0n) is 9.27.